The summed E-state index contributed by atoms with van der Waals surface area (Å²) in [6.45, 7) is 3.20. The fourth-order valence-corrected chi connectivity index (χ4v) is 1.11. The lowest BCUT2D eigenvalue weighted by Gasteiger charge is -2.16. The molecule has 6 heteroatoms. The van der Waals surface area contributed by atoms with Crippen LogP contribution in [-0.2, 0) is 4.79 Å². The number of carbonyl (C=O) groups excluding carboxylic acids is 1. The summed E-state index contributed by atoms with van der Waals surface area (Å²) in [4.78, 5) is 21.7. The van der Waals surface area contributed by atoms with Gasteiger partial charge >= 0.3 is 12.0 Å². The molecule has 2 amide bonds. The van der Waals surface area contributed by atoms with Gasteiger partial charge in [-0.1, -0.05) is 13.3 Å². The highest BCUT2D eigenvalue weighted by Gasteiger charge is 2.18. The van der Waals surface area contributed by atoms with E-state index in [-0.39, 0.29) is 6.04 Å². The molecule has 1 unspecified atom stereocenters. The van der Waals surface area contributed by atoms with Crippen LogP contribution in [0.5, 0.6) is 0 Å². The predicted molar refractivity (Wildman–Crippen MR) is 54.5 cm³/mol. The maximum atomic E-state index is 11.2. The van der Waals surface area contributed by atoms with Crippen LogP contribution in [0.15, 0.2) is 0 Å². The van der Waals surface area contributed by atoms with E-state index in [4.69, 9.17) is 10.2 Å². The second-order valence-electron chi connectivity index (χ2n) is 3.38. The zero-order valence-electron chi connectivity index (χ0n) is 8.99. The van der Waals surface area contributed by atoms with Gasteiger partial charge in [-0.2, -0.15) is 0 Å². The van der Waals surface area contributed by atoms with E-state index in [9.17, 15) is 9.59 Å². The fraction of sp³-hybridized carbons (Fsp3) is 0.778. The van der Waals surface area contributed by atoms with E-state index in [1.807, 2.05) is 13.8 Å². The van der Waals surface area contributed by atoms with Gasteiger partial charge in [-0.25, -0.2) is 9.59 Å². The van der Waals surface area contributed by atoms with Crippen molar-refractivity contribution in [1.82, 2.24) is 10.6 Å². The van der Waals surface area contributed by atoms with Crippen molar-refractivity contribution >= 4 is 12.0 Å². The molecule has 0 radical (unpaired) electrons. The van der Waals surface area contributed by atoms with E-state index in [1.165, 1.54) is 0 Å². The van der Waals surface area contributed by atoms with Crippen LogP contribution in [-0.4, -0.2) is 40.9 Å². The van der Waals surface area contributed by atoms with Crippen molar-refractivity contribution in [2.24, 2.45) is 0 Å². The van der Waals surface area contributed by atoms with Gasteiger partial charge in [0, 0.05) is 6.04 Å². The van der Waals surface area contributed by atoms with Crippen LogP contribution in [0.2, 0.25) is 0 Å². The summed E-state index contributed by atoms with van der Waals surface area (Å²) in [6, 6.07) is -1.83. The van der Waals surface area contributed by atoms with Crippen LogP contribution in [0.25, 0.3) is 0 Å². The van der Waals surface area contributed by atoms with Gasteiger partial charge in [0.25, 0.3) is 0 Å². The van der Waals surface area contributed by atoms with E-state index >= 15 is 0 Å². The molecule has 0 aromatic heterocycles. The summed E-state index contributed by atoms with van der Waals surface area (Å²) in [7, 11) is 0. The number of aliphatic hydroxyl groups excluding tert-OH is 1. The first-order valence-electron chi connectivity index (χ1n) is 4.92. The summed E-state index contributed by atoms with van der Waals surface area (Å²) < 4.78 is 0. The average Bonchev–Trinajstić information content (AvgIpc) is 2.13. The van der Waals surface area contributed by atoms with E-state index < -0.39 is 24.6 Å². The molecule has 0 bridgehead atoms. The Labute approximate surface area is 88.7 Å². The number of amides is 2. The van der Waals surface area contributed by atoms with Crippen molar-refractivity contribution in [3.8, 4) is 0 Å². The number of rotatable bonds is 6. The number of carboxylic acid groups (broad SMARTS) is 1. The molecular weight excluding hydrogens is 200 g/mol. The Bertz CT molecular complexity index is 220. The second-order valence-corrected chi connectivity index (χ2v) is 3.38. The van der Waals surface area contributed by atoms with Gasteiger partial charge in [0.15, 0.2) is 6.04 Å². The van der Waals surface area contributed by atoms with E-state index in [0.29, 0.717) is 0 Å². The number of hydrogen-bond donors (Lipinski definition) is 4. The molecule has 0 aliphatic heterocycles. The lowest BCUT2D eigenvalue weighted by atomic mass is 10.2. The zero-order valence-corrected chi connectivity index (χ0v) is 8.99. The summed E-state index contributed by atoms with van der Waals surface area (Å²) in [5.41, 5.74) is 0. The monoisotopic (exact) mass is 218 g/mol. The van der Waals surface area contributed by atoms with Gasteiger partial charge in [0.2, 0.25) is 0 Å². The zero-order chi connectivity index (χ0) is 11.8. The van der Waals surface area contributed by atoms with Crippen molar-refractivity contribution in [3.05, 3.63) is 0 Å². The molecule has 0 saturated carbocycles. The number of nitrogens with one attached hydrogen (secondary N) is 2. The molecule has 0 fully saturated rings. The molecule has 0 saturated heterocycles. The Morgan fingerprint density at radius 3 is 2.33 bits per heavy atom. The normalized spacial score (nSPS) is 14.1. The van der Waals surface area contributed by atoms with Crippen molar-refractivity contribution in [3.63, 3.8) is 0 Å². The maximum absolute atomic E-state index is 11.2. The van der Waals surface area contributed by atoms with Gasteiger partial charge in [0.05, 0.1) is 6.61 Å². The van der Waals surface area contributed by atoms with Crippen LogP contribution in [0.1, 0.15) is 26.7 Å². The number of urea groups is 1. The highest BCUT2D eigenvalue weighted by atomic mass is 16.4. The topological polar surface area (TPSA) is 98.7 Å². The van der Waals surface area contributed by atoms with Gasteiger partial charge in [-0.15, -0.1) is 0 Å². The maximum Gasteiger partial charge on any atom is 0.328 e. The quantitative estimate of drug-likeness (QED) is 0.501. The van der Waals surface area contributed by atoms with Crippen LogP contribution in [0.3, 0.4) is 0 Å². The molecule has 15 heavy (non-hydrogen) atoms. The van der Waals surface area contributed by atoms with Crippen LogP contribution >= 0.6 is 0 Å². The highest BCUT2D eigenvalue weighted by molar-refractivity contribution is 5.82. The standard InChI is InChI=1S/C9H18N2O4/c1-3-4-6(2)10-9(15)11-7(5-12)8(13)14/h6-7,12H,3-5H2,1-2H3,(H,13,14)(H2,10,11,15)/t6?,7-/m1/s1. The summed E-state index contributed by atoms with van der Waals surface area (Å²) in [5, 5.41) is 21.9. The Kier molecular flexibility index (Phi) is 6.44. The van der Waals surface area contributed by atoms with Crippen LogP contribution < -0.4 is 10.6 Å². The van der Waals surface area contributed by atoms with Gasteiger partial charge in [-0.05, 0) is 13.3 Å². The van der Waals surface area contributed by atoms with E-state index in [1.54, 1.807) is 0 Å². The SMILES string of the molecule is CCCC(C)NC(=O)N[C@H](CO)C(=O)O. The van der Waals surface area contributed by atoms with Crippen molar-refractivity contribution in [2.45, 2.75) is 38.8 Å². The fourth-order valence-electron chi connectivity index (χ4n) is 1.11. The van der Waals surface area contributed by atoms with Crippen LogP contribution in [0, 0.1) is 0 Å². The summed E-state index contributed by atoms with van der Waals surface area (Å²) >= 11 is 0. The number of carboxylic acids is 1. The Balaban J connectivity index is 3.96. The summed E-state index contributed by atoms with van der Waals surface area (Å²) in [5.74, 6) is -1.25. The Morgan fingerprint density at radius 1 is 1.33 bits per heavy atom. The molecule has 0 spiro atoms. The number of hydrogen-bond acceptors (Lipinski definition) is 3. The molecular formula is C9H18N2O4. The lowest BCUT2D eigenvalue weighted by molar-refractivity contribution is -0.140. The average molecular weight is 218 g/mol. The summed E-state index contributed by atoms with van der Waals surface area (Å²) in [6.07, 6.45) is 1.76. The number of carbonyl (C=O) groups is 2. The molecule has 88 valence electrons. The highest BCUT2D eigenvalue weighted by Crippen LogP contribution is 1.94. The lowest BCUT2D eigenvalue weighted by Crippen LogP contribution is -2.49. The Morgan fingerprint density at radius 2 is 1.93 bits per heavy atom. The molecule has 0 aromatic rings. The first kappa shape index (κ1) is 13.7. The molecule has 0 heterocycles. The second kappa shape index (κ2) is 7.05. The first-order valence-corrected chi connectivity index (χ1v) is 4.92. The molecule has 2 atom stereocenters. The molecule has 0 aromatic carbocycles. The smallest absolute Gasteiger partial charge is 0.328 e. The first-order chi connectivity index (χ1) is 7.01. The van der Waals surface area contributed by atoms with Gasteiger partial charge in [0.1, 0.15) is 0 Å². The van der Waals surface area contributed by atoms with E-state index in [0.717, 1.165) is 12.8 Å². The van der Waals surface area contributed by atoms with Crippen molar-refractivity contribution < 1.29 is 19.8 Å². The van der Waals surface area contributed by atoms with Crippen molar-refractivity contribution in [2.75, 3.05) is 6.61 Å². The molecule has 0 aliphatic rings. The van der Waals surface area contributed by atoms with Gasteiger partial charge < -0.3 is 20.8 Å². The van der Waals surface area contributed by atoms with Crippen molar-refractivity contribution in [1.29, 1.82) is 0 Å². The molecule has 0 aliphatic carbocycles. The number of aliphatic hydroxyl groups is 1. The largest absolute Gasteiger partial charge is 0.480 e. The Hall–Kier alpha value is -1.30. The molecule has 6 nitrogen and oxygen atoms in total. The van der Waals surface area contributed by atoms with Crippen LogP contribution in [0.4, 0.5) is 4.79 Å². The third-order valence-electron chi connectivity index (χ3n) is 1.89. The van der Waals surface area contributed by atoms with Gasteiger partial charge in [-0.3, -0.25) is 0 Å². The predicted octanol–water partition coefficient (Wildman–Crippen LogP) is -0.0803. The minimum Gasteiger partial charge on any atom is -0.480 e. The molecule has 4 N–H and O–H groups in total. The molecule has 0 rings (SSSR count). The third kappa shape index (κ3) is 5.90. The third-order valence-corrected chi connectivity index (χ3v) is 1.89. The minimum atomic E-state index is -1.25. The number of aliphatic carboxylic acids is 1. The van der Waals surface area contributed by atoms with E-state index in [2.05, 4.69) is 10.6 Å². The minimum absolute atomic E-state index is 0.0110.